The van der Waals surface area contributed by atoms with Crippen LogP contribution in [0.1, 0.15) is 57.7 Å². The number of hydrogen-bond donors (Lipinski definition) is 1. The third-order valence-corrected chi connectivity index (χ3v) is 5.53. The Hall–Kier alpha value is -2.72. The fraction of sp³-hybridized carbons (Fsp3) is 0.667. The molecular formula is C18H23F2N9. The van der Waals surface area contributed by atoms with Gasteiger partial charge in [0.05, 0.1) is 18.1 Å². The number of nitrogens with zero attached hydrogens (tertiary/aromatic N) is 8. The molecule has 2 aliphatic rings. The molecule has 0 aromatic carbocycles. The number of fused-ring (bicyclic) bond motifs is 1. The minimum absolute atomic E-state index is 0.176. The van der Waals surface area contributed by atoms with Crippen LogP contribution in [0, 0.1) is 5.92 Å². The van der Waals surface area contributed by atoms with Crippen molar-refractivity contribution in [3.05, 3.63) is 17.8 Å². The topological polar surface area (TPSA) is 101 Å². The monoisotopic (exact) mass is 403 g/mol. The van der Waals surface area contributed by atoms with Crippen molar-refractivity contribution in [2.24, 2.45) is 5.92 Å². The first-order valence-electron chi connectivity index (χ1n) is 9.85. The van der Waals surface area contributed by atoms with E-state index in [1.165, 1.54) is 0 Å². The number of aromatic nitrogens is 8. The van der Waals surface area contributed by atoms with Crippen LogP contribution in [0.5, 0.6) is 0 Å². The number of hydrogen-bond acceptors (Lipinski definition) is 7. The van der Waals surface area contributed by atoms with Gasteiger partial charge in [-0.3, -0.25) is 0 Å². The van der Waals surface area contributed by atoms with Crippen molar-refractivity contribution >= 4 is 16.9 Å². The fourth-order valence-corrected chi connectivity index (χ4v) is 3.83. The Morgan fingerprint density at radius 2 is 2.03 bits per heavy atom. The smallest absolute Gasteiger partial charge is 0.266 e. The quantitative estimate of drug-likeness (QED) is 0.714. The predicted octanol–water partition coefficient (Wildman–Crippen LogP) is 2.48. The SMILES string of the molecule is CC(C)(C)c1nc(N2CCC(F)(F)C2)c2cnn(C(c3nn[nH]n3)C3CC3)c2n1. The molecule has 1 saturated carbocycles. The summed E-state index contributed by atoms with van der Waals surface area (Å²) in [6.07, 6.45) is 3.58. The van der Waals surface area contributed by atoms with Crippen LogP contribution < -0.4 is 4.90 Å². The molecule has 1 saturated heterocycles. The molecule has 1 aliphatic carbocycles. The average Bonchev–Trinajstić information content (AvgIpc) is 3.04. The molecule has 29 heavy (non-hydrogen) atoms. The normalized spacial score (nSPS) is 20.5. The molecule has 11 heteroatoms. The van der Waals surface area contributed by atoms with E-state index in [-0.39, 0.29) is 31.0 Å². The van der Waals surface area contributed by atoms with Crippen LogP contribution in [0.3, 0.4) is 0 Å². The van der Waals surface area contributed by atoms with E-state index in [9.17, 15) is 8.78 Å². The van der Waals surface area contributed by atoms with Crippen LogP contribution in [0.4, 0.5) is 14.6 Å². The second-order valence-corrected chi connectivity index (χ2v) is 9.03. The lowest BCUT2D eigenvalue weighted by molar-refractivity contribution is 0.0257. The minimum Gasteiger partial charge on any atom is -0.350 e. The number of rotatable bonds is 4. The molecule has 0 radical (unpaired) electrons. The molecule has 1 N–H and O–H groups in total. The van der Waals surface area contributed by atoms with Gasteiger partial charge in [0.25, 0.3) is 5.92 Å². The number of H-pyrrole nitrogens is 1. The molecular weight excluding hydrogens is 380 g/mol. The Labute approximate surface area is 165 Å². The molecule has 3 aromatic heterocycles. The second-order valence-electron chi connectivity index (χ2n) is 9.03. The Bertz CT molecular complexity index is 1030. The van der Waals surface area contributed by atoms with E-state index < -0.39 is 5.92 Å². The summed E-state index contributed by atoms with van der Waals surface area (Å²) in [6, 6.07) is -0.193. The second kappa shape index (κ2) is 6.14. The van der Waals surface area contributed by atoms with Crippen molar-refractivity contribution in [3.8, 4) is 0 Å². The maximum Gasteiger partial charge on any atom is 0.266 e. The highest BCUT2D eigenvalue weighted by molar-refractivity contribution is 5.87. The summed E-state index contributed by atoms with van der Waals surface area (Å²) in [5.74, 6) is -0.687. The summed E-state index contributed by atoms with van der Waals surface area (Å²) in [7, 11) is 0. The molecule has 154 valence electrons. The lowest BCUT2D eigenvalue weighted by Crippen LogP contribution is -2.27. The first-order valence-corrected chi connectivity index (χ1v) is 9.85. The predicted molar refractivity (Wildman–Crippen MR) is 101 cm³/mol. The molecule has 0 amide bonds. The summed E-state index contributed by atoms with van der Waals surface area (Å²) >= 11 is 0. The highest BCUT2D eigenvalue weighted by atomic mass is 19.3. The molecule has 3 aromatic rings. The van der Waals surface area contributed by atoms with E-state index in [0.29, 0.717) is 34.4 Å². The minimum atomic E-state index is -2.71. The number of alkyl halides is 2. The molecule has 1 aliphatic heterocycles. The maximum atomic E-state index is 13.9. The van der Waals surface area contributed by atoms with Gasteiger partial charge in [-0.15, -0.1) is 10.2 Å². The number of anilines is 1. The van der Waals surface area contributed by atoms with Crippen LogP contribution in [-0.4, -0.2) is 59.4 Å². The van der Waals surface area contributed by atoms with Gasteiger partial charge in [-0.05, 0) is 18.8 Å². The van der Waals surface area contributed by atoms with Gasteiger partial charge >= 0.3 is 0 Å². The molecule has 5 rings (SSSR count). The zero-order chi connectivity index (χ0) is 20.4. The molecule has 4 heterocycles. The maximum absolute atomic E-state index is 13.9. The Morgan fingerprint density at radius 1 is 1.24 bits per heavy atom. The highest BCUT2D eigenvalue weighted by Crippen LogP contribution is 2.44. The molecule has 9 nitrogen and oxygen atoms in total. The van der Waals surface area contributed by atoms with E-state index in [1.54, 1.807) is 11.1 Å². The summed E-state index contributed by atoms with van der Waals surface area (Å²) in [5.41, 5.74) is 0.276. The number of tetrazole rings is 1. The third kappa shape index (κ3) is 3.22. The number of halogens is 2. The van der Waals surface area contributed by atoms with E-state index in [2.05, 4.69) is 25.7 Å². The number of aromatic amines is 1. The largest absolute Gasteiger partial charge is 0.350 e. The average molecular weight is 403 g/mol. The van der Waals surface area contributed by atoms with E-state index in [0.717, 1.165) is 12.8 Å². The Kier molecular flexibility index (Phi) is 3.88. The van der Waals surface area contributed by atoms with Gasteiger partial charge in [0.15, 0.2) is 11.5 Å². The summed E-state index contributed by atoms with van der Waals surface area (Å²) in [6.45, 7) is 5.94. The van der Waals surface area contributed by atoms with Gasteiger partial charge in [0, 0.05) is 18.4 Å². The van der Waals surface area contributed by atoms with E-state index in [4.69, 9.17) is 9.97 Å². The van der Waals surface area contributed by atoms with Crippen LogP contribution in [0.15, 0.2) is 6.20 Å². The zero-order valence-electron chi connectivity index (χ0n) is 16.6. The van der Waals surface area contributed by atoms with Crippen molar-refractivity contribution < 1.29 is 8.78 Å². The van der Waals surface area contributed by atoms with Crippen molar-refractivity contribution in [1.29, 1.82) is 0 Å². The fourth-order valence-electron chi connectivity index (χ4n) is 3.83. The van der Waals surface area contributed by atoms with Gasteiger partial charge in [-0.2, -0.15) is 10.3 Å². The van der Waals surface area contributed by atoms with Crippen molar-refractivity contribution in [1.82, 2.24) is 40.4 Å². The van der Waals surface area contributed by atoms with Gasteiger partial charge in [0.2, 0.25) is 0 Å². The summed E-state index contributed by atoms with van der Waals surface area (Å²) < 4.78 is 29.6. The highest BCUT2D eigenvalue weighted by Gasteiger charge is 2.41. The lowest BCUT2D eigenvalue weighted by Gasteiger charge is -2.23. The van der Waals surface area contributed by atoms with Crippen molar-refractivity contribution in [2.75, 3.05) is 18.0 Å². The van der Waals surface area contributed by atoms with Crippen molar-refractivity contribution in [2.45, 2.75) is 57.4 Å². The Balaban J connectivity index is 1.68. The number of nitrogens with one attached hydrogen (secondary N) is 1. The summed E-state index contributed by atoms with van der Waals surface area (Å²) in [5, 5.41) is 19.8. The molecule has 0 spiro atoms. The first kappa shape index (κ1) is 18.3. The Morgan fingerprint density at radius 3 is 2.62 bits per heavy atom. The van der Waals surface area contributed by atoms with Crippen LogP contribution in [-0.2, 0) is 5.41 Å². The standard InChI is InChI=1S/C18H23F2N9/c1-17(2,3)16-22-14(28-7-6-18(19,20)9-28)11-8-21-29(15(11)23-16)12(10-4-5-10)13-24-26-27-25-13/h8,10,12H,4-7,9H2,1-3H3,(H,24,25,26,27). The summed E-state index contributed by atoms with van der Waals surface area (Å²) in [4.78, 5) is 11.1. The first-order chi connectivity index (χ1) is 13.7. The molecule has 1 unspecified atom stereocenters. The van der Waals surface area contributed by atoms with E-state index in [1.807, 2.05) is 25.5 Å². The molecule has 0 bridgehead atoms. The van der Waals surface area contributed by atoms with Crippen molar-refractivity contribution in [3.63, 3.8) is 0 Å². The van der Waals surface area contributed by atoms with Crippen LogP contribution >= 0.6 is 0 Å². The van der Waals surface area contributed by atoms with Gasteiger partial charge in [-0.1, -0.05) is 26.0 Å². The van der Waals surface area contributed by atoms with E-state index >= 15 is 0 Å². The van der Waals surface area contributed by atoms with Crippen LogP contribution in [0.25, 0.3) is 11.0 Å². The van der Waals surface area contributed by atoms with Gasteiger partial charge < -0.3 is 4.90 Å². The van der Waals surface area contributed by atoms with Gasteiger partial charge in [0.1, 0.15) is 17.7 Å². The third-order valence-electron chi connectivity index (χ3n) is 5.53. The molecule has 1 atom stereocenters. The van der Waals surface area contributed by atoms with Gasteiger partial charge in [-0.25, -0.2) is 23.4 Å². The van der Waals surface area contributed by atoms with Crippen LogP contribution in [0.2, 0.25) is 0 Å². The zero-order valence-corrected chi connectivity index (χ0v) is 16.6. The molecule has 2 fully saturated rings. The lowest BCUT2D eigenvalue weighted by atomic mass is 9.95.